The third-order valence-corrected chi connectivity index (χ3v) is 6.02. The molecule has 200 valence electrons. The number of hydrogen-bond donors (Lipinski definition) is 3. The SMILES string of the molecule is COc1ccc(-c2cc(-c3nnc(SCC(=O)Nc4cc(C(F)(F)F)cc(C(F)(F)F)c4)n3N)[nH]n2)cc1. The van der Waals surface area contributed by atoms with Crippen molar-refractivity contribution in [3.8, 4) is 28.5 Å². The number of nitrogens with zero attached hydrogens (tertiary/aromatic N) is 4. The third-order valence-electron chi connectivity index (χ3n) is 5.07. The van der Waals surface area contributed by atoms with Gasteiger partial charge in [0.2, 0.25) is 16.9 Å². The van der Waals surface area contributed by atoms with Crippen molar-refractivity contribution in [1.29, 1.82) is 0 Å². The highest BCUT2D eigenvalue weighted by atomic mass is 32.2. The Morgan fingerprint density at radius 3 is 2.24 bits per heavy atom. The van der Waals surface area contributed by atoms with E-state index < -0.39 is 40.8 Å². The number of halogens is 6. The number of alkyl halides is 6. The van der Waals surface area contributed by atoms with Gasteiger partial charge in [0.1, 0.15) is 11.4 Å². The number of H-pyrrole nitrogens is 1. The van der Waals surface area contributed by atoms with Gasteiger partial charge < -0.3 is 15.9 Å². The highest BCUT2D eigenvalue weighted by molar-refractivity contribution is 7.99. The minimum atomic E-state index is -5.04. The van der Waals surface area contributed by atoms with Gasteiger partial charge in [0.25, 0.3) is 0 Å². The first-order valence-corrected chi connectivity index (χ1v) is 11.5. The van der Waals surface area contributed by atoms with Crippen molar-refractivity contribution < 1.29 is 35.9 Å². The van der Waals surface area contributed by atoms with Gasteiger partial charge in [-0.3, -0.25) is 9.89 Å². The number of rotatable bonds is 7. The molecule has 0 bridgehead atoms. The first-order valence-electron chi connectivity index (χ1n) is 10.5. The predicted octanol–water partition coefficient (Wildman–Crippen LogP) is 4.83. The molecule has 4 N–H and O–H groups in total. The molecule has 0 aliphatic carbocycles. The number of amides is 1. The van der Waals surface area contributed by atoms with Gasteiger partial charge in [0.15, 0.2) is 0 Å². The van der Waals surface area contributed by atoms with Crippen LogP contribution in [0.5, 0.6) is 5.75 Å². The number of nitrogens with two attached hydrogens (primary N) is 1. The Labute approximate surface area is 214 Å². The average molecular weight is 557 g/mol. The standard InChI is InChI=1S/C22H17F6N7O2S/c1-37-15-4-2-11(3-5-15)16-9-17(32-31-16)19-33-34-20(35(19)29)38-10-18(36)30-14-7-12(21(23,24)25)6-13(8-14)22(26,27)28/h2-9H,10,29H2,1H3,(H,30,36)(H,31,32). The summed E-state index contributed by atoms with van der Waals surface area (Å²) in [6.45, 7) is 0. The zero-order valence-corrected chi connectivity index (χ0v) is 20.0. The summed E-state index contributed by atoms with van der Waals surface area (Å²) >= 11 is 0.776. The van der Waals surface area contributed by atoms with Crippen molar-refractivity contribution in [2.24, 2.45) is 0 Å². The second-order valence-electron chi connectivity index (χ2n) is 7.70. The Hall–Kier alpha value is -4.21. The molecule has 0 aliphatic rings. The molecule has 16 heteroatoms. The van der Waals surface area contributed by atoms with Crippen molar-refractivity contribution in [2.45, 2.75) is 17.5 Å². The van der Waals surface area contributed by atoms with Crippen LogP contribution < -0.4 is 15.9 Å². The van der Waals surface area contributed by atoms with E-state index in [9.17, 15) is 31.1 Å². The smallest absolute Gasteiger partial charge is 0.416 e. The van der Waals surface area contributed by atoms with Crippen molar-refractivity contribution in [3.63, 3.8) is 0 Å². The number of benzene rings is 2. The van der Waals surface area contributed by atoms with Gasteiger partial charge in [0, 0.05) is 11.3 Å². The molecule has 0 aliphatic heterocycles. The number of ether oxygens (including phenoxy) is 1. The first kappa shape index (κ1) is 26.8. The fourth-order valence-corrected chi connectivity index (χ4v) is 3.92. The Morgan fingerprint density at radius 1 is 1.03 bits per heavy atom. The normalized spacial score (nSPS) is 12.0. The number of carbonyl (C=O) groups excluding carboxylic acids is 1. The van der Waals surface area contributed by atoms with Crippen LogP contribution in [0.2, 0.25) is 0 Å². The molecule has 0 radical (unpaired) electrons. The van der Waals surface area contributed by atoms with Crippen molar-refractivity contribution in [2.75, 3.05) is 24.0 Å². The zero-order valence-electron chi connectivity index (χ0n) is 19.2. The van der Waals surface area contributed by atoms with Crippen LogP contribution in [0.1, 0.15) is 11.1 Å². The lowest BCUT2D eigenvalue weighted by molar-refractivity contribution is -0.143. The Morgan fingerprint density at radius 2 is 1.66 bits per heavy atom. The lowest BCUT2D eigenvalue weighted by atomic mass is 10.1. The largest absolute Gasteiger partial charge is 0.497 e. The van der Waals surface area contributed by atoms with Crippen molar-refractivity contribution in [3.05, 3.63) is 59.7 Å². The molecule has 2 aromatic heterocycles. The van der Waals surface area contributed by atoms with Crippen LogP contribution in [-0.2, 0) is 17.1 Å². The van der Waals surface area contributed by atoms with Crippen molar-refractivity contribution >= 4 is 23.4 Å². The maximum absolute atomic E-state index is 13.0. The Kier molecular flexibility index (Phi) is 7.26. The summed E-state index contributed by atoms with van der Waals surface area (Å²) in [5.41, 5.74) is -1.98. The molecular weight excluding hydrogens is 540 g/mol. The van der Waals surface area contributed by atoms with E-state index in [1.807, 2.05) is 5.32 Å². The zero-order chi connectivity index (χ0) is 27.7. The monoisotopic (exact) mass is 557 g/mol. The summed E-state index contributed by atoms with van der Waals surface area (Å²) in [6, 6.07) is 9.60. The second kappa shape index (κ2) is 10.3. The number of aromatic amines is 1. The molecule has 4 aromatic rings. The maximum Gasteiger partial charge on any atom is 0.416 e. The van der Waals surface area contributed by atoms with Gasteiger partial charge in [-0.1, -0.05) is 11.8 Å². The molecule has 38 heavy (non-hydrogen) atoms. The fraction of sp³-hybridized carbons (Fsp3) is 0.182. The van der Waals surface area contributed by atoms with Crippen LogP contribution in [-0.4, -0.2) is 43.8 Å². The molecule has 0 unspecified atom stereocenters. The number of anilines is 1. The van der Waals surface area contributed by atoms with Crippen LogP contribution in [0.25, 0.3) is 22.8 Å². The van der Waals surface area contributed by atoms with Gasteiger partial charge in [-0.15, -0.1) is 10.2 Å². The third kappa shape index (κ3) is 6.01. The maximum atomic E-state index is 13.0. The molecule has 2 aromatic carbocycles. The quantitative estimate of drug-likeness (QED) is 0.169. The van der Waals surface area contributed by atoms with E-state index >= 15 is 0 Å². The fourth-order valence-electron chi connectivity index (χ4n) is 3.26. The number of methoxy groups -OCH3 is 1. The van der Waals surface area contributed by atoms with Crippen LogP contribution >= 0.6 is 11.8 Å². The molecule has 9 nitrogen and oxygen atoms in total. The molecule has 0 fully saturated rings. The lowest BCUT2D eigenvalue weighted by Crippen LogP contribution is -2.18. The molecule has 0 atom stereocenters. The average Bonchev–Trinajstić information content (AvgIpc) is 3.48. The molecule has 1 amide bonds. The Balaban J connectivity index is 1.44. The number of hydrogen-bond acceptors (Lipinski definition) is 7. The summed E-state index contributed by atoms with van der Waals surface area (Å²) in [5.74, 6) is 5.56. The topological polar surface area (TPSA) is 124 Å². The van der Waals surface area contributed by atoms with E-state index in [-0.39, 0.29) is 17.0 Å². The summed E-state index contributed by atoms with van der Waals surface area (Å²) in [5, 5.41) is 16.9. The number of aromatic nitrogens is 5. The number of carbonyl (C=O) groups is 1. The minimum absolute atomic E-state index is 0.0294. The second-order valence-corrected chi connectivity index (χ2v) is 8.65. The summed E-state index contributed by atoms with van der Waals surface area (Å²) in [6.07, 6.45) is -10.1. The van der Waals surface area contributed by atoms with Crippen LogP contribution in [0.4, 0.5) is 32.0 Å². The minimum Gasteiger partial charge on any atom is -0.497 e. The number of nitrogen functional groups attached to an aromatic ring is 1. The summed E-state index contributed by atoms with van der Waals surface area (Å²) < 4.78 is 84.4. The van der Waals surface area contributed by atoms with Gasteiger partial charge in [-0.2, -0.15) is 31.4 Å². The molecule has 0 saturated heterocycles. The molecule has 0 saturated carbocycles. The van der Waals surface area contributed by atoms with Gasteiger partial charge in [0.05, 0.1) is 29.7 Å². The van der Waals surface area contributed by atoms with E-state index in [1.165, 1.54) is 0 Å². The van der Waals surface area contributed by atoms with Gasteiger partial charge in [-0.25, -0.2) is 4.68 Å². The predicted molar refractivity (Wildman–Crippen MR) is 126 cm³/mol. The van der Waals surface area contributed by atoms with Crippen LogP contribution in [0.3, 0.4) is 0 Å². The summed E-state index contributed by atoms with van der Waals surface area (Å²) in [4.78, 5) is 12.3. The van der Waals surface area contributed by atoms with Crippen LogP contribution in [0.15, 0.2) is 53.7 Å². The molecular formula is C22H17F6N7O2S. The first-order chi connectivity index (χ1) is 17.8. The van der Waals surface area contributed by atoms with E-state index in [0.717, 1.165) is 22.0 Å². The van der Waals surface area contributed by atoms with E-state index in [0.29, 0.717) is 29.3 Å². The van der Waals surface area contributed by atoms with Crippen molar-refractivity contribution in [1.82, 2.24) is 25.1 Å². The van der Waals surface area contributed by atoms with Crippen LogP contribution in [0, 0.1) is 0 Å². The van der Waals surface area contributed by atoms with Gasteiger partial charge in [-0.05, 0) is 48.5 Å². The summed E-state index contributed by atoms with van der Waals surface area (Å²) in [7, 11) is 1.55. The Bertz CT molecular complexity index is 1420. The molecule has 2 heterocycles. The molecule has 0 spiro atoms. The number of nitrogens with one attached hydrogen (secondary N) is 2. The lowest BCUT2D eigenvalue weighted by Gasteiger charge is -2.14. The number of thioether (sulfide) groups is 1. The van der Waals surface area contributed by atoms with E-state index in [2.05, 4.69) is 20.4 Å². The highest BCUT2D eigenvalue weighted by Crippen LogP contribution is 2.37. The molecule has 4 rings (SSSR count). The highest BCUT2D eigenvalue weighted by Gasteiger charge is 2.37. The van der Waals surface area contributed by atoms with Gasteiger partial charge >= 0.3 is 12.4 Å². The van der Waals surface area contributed by atoms with E-state index in [4.69, 9.17) is 10.6 Å². The van der Waals surface area contributed by atoms with E-state index in [1.54, 1.807) is 37.4 Å².